The molecule has 0 saturated carbocycles. The van der Waals surface area contributed by atoms with Crippen molar-refractivity contribution in [1.29, 1.82) is 0 Å². The first-order valence-electron chi connectivity index (χ1n) is 4.46. The van der Waals surface area contributed by atoms with Gasteiger partial charge in [0.1, 0.15) is 0 Å². The lowest BCUT2D eigenvalue weighted by atomic mass is 10.1. The first-order valence-corrected chi connectivity index (χ1v) is 4.46. The van der Waals surface area contributed by atoms with Crippen LogP contribution in [0.4, 0.5) is 0 Å². The van der Waals surface area contributed by atoms with Crippen LogP contribution in [-0.4, -0.2) is 11.2 Å². The summed E-state index contributed by atoms with van der Waals surface area (Å²) in [5, 5.41) is 8.96. The second kappa shape index (κ2) is 6.41. The largest absolute Gasteiger partial charge is 0.393 e. The minimum absolute atomic E-state index is 0.124. The van der Waals surface area contributed by atoms with Crippen LogP contribution in [0.1, 0.15) is 46.5 Å². The van der Waals surface area contributed by atoms with E-state index >= 15 is 0 Å². The lowest BCUT2D eigenvalue weighted by Gasteiger charge is -2.03. The predicted molar refractivity (Wildman–Crippen MR) is 49.6 cm³/mol. The Morgan fingerprint density at radius 3 is 2.55 bits per heavy atom. The third kappa shape index (κ3) is 7.60. The second-order valence-electron chi connectivity index (χ2n) is 3.23. The molecule has 0 heterocycles. The number of rotatable bonds is 5. The second-order valence-corrected chi connectivity index (χ2v) is 3.23. The van der Waals surface area contributed by atoms with Crippen molar-refractivity contribution in [1.82, 2.24) is 0 Å². The summed E-state index contributed by atoms with van der Waals surface area (Å²) < 4.78 is 0. The van der Waals surface area contributed by atoms with E-state index in [0.717, 1.165) is 12.8 Å². The van der Waals surface area contributed by atoms with Crippen LogP contribution in [0.15, 0.2) is 11.6 Å². The highest BCUT2D eigenvalue weighted by Crippen LogP contribution is 2.08. The van der Waals surface area contributed by atoms with Gasteiger partial charge in [-0.05, 0) is 40.0 Å². The summed E-state index contributed by atoms with van der Waals surface area (Å²) in [4.78, 5) is 0. The van der Waals surface area contributed by atoms with Crippen LogP contribution in [-0.2, 0) is 0 Å². The van der Waals surface area contributed by atoms with E-state index < -0.39 is 0 Å². The Bertz CT molecular complexity index is 114. The highest BCUT2D eigenvalue weighted by atomic mass is 16.3. The van der Waals surface area contributed by atoms with E-state index in [-0.39, 0.29) is 6.10 Å². The molecule has 1 N–H and O–H groups in total. The molecule has 0 rings (SSSR count). The Balaban J connectivity index is 3.15. The minimum Gasteiger partial charge on any atom is -0.393 e. The first kappa shape index (κ1) is 10.7. The number of allylic oxidation sites excluding steroid dienone is 2. The van der Waals surface area contributed by atoms with Crippen LogP contribution in [0.5, 0.6) is 0 Å². The Labute approximate surface area is 70.1 Å². The zero-order valence-electron chi connectivity index (χ0n) is 7.93. The molecule has 1 atom stereocenters. The summed E-state index contributed by atoms with van der Waals surface area (Å²) in [7, 11) is 0. The Morgan fingerprint density at radius 2 is 2.09 bits per heavy atom. The molecular formula is C10H20O. The Hall–Kier alpha value is -0.300. The van der Waals surface area contributed by atoms with Crippen LogP contribution in [0.2, 0.25) is 0 Å². The molecule has 1 unspecified atom stereocenters. The van der Waals surface area contributed by atoms with Crippen molar-refractivity contribution >= 4 is 0 Å². The van der Waals surface area contributed by atoms with Crippen molar-refractivity contribution in [3.8, 4) is 0 Å². The van der Waals surface area contributed by atoms with Crippen molar-refractivity contribution in [3.05, 3.63) is 11.6 Å². The molecule has 0 saturated heterocycles. The summed E-state index contributed by atoms with van der Waals surface area (Å²) in [6.45, 7) is 6.08. The van der Waals surface area contributed by atoms with E-state index in [1.807, 2.05) is 6.92 Å². The molecule has 0 fully saturated rings. The predicted octanol–water partition coefficient (Wildman–Crippen LogP) is 2.89. The highest BCUT2D eigenvalue weighted by Gasteiger charge is 1.95. The van der Waals surface area contributed by atoms with E-state index in [0.29, 0.717) is 0 Å². The van der Waals surface area contributed by atoms with Gasteiger partial charge in [0.15, 0.2) is 0 Å². The minimum atomic E-state index is -0.124. The van der Waals surface area contributed by atoms with E-state index in [1.54, 1.807) is 0 Å². The third-order valence-electron chi connectivity index (χ3n) is 1.94. The van der Waals surface area contributed by atoms with Gasteiger partial charge in [-0.1, -0.05) is 18.1 Å². The Kier molecular flexibility index (Phi) is 6.24. The molecule has 0 aromatic carbocycles. The fourth-order valence-corrected chi connectivity index (χ4v) is 0.988. The summed E-state index contributed by atoms with van der Waals surface area (Å²) in [6, 6.07) is 0. The van der Waals surface area contributed by atoms with Gasteiger partial charge in [0, 0.05) is 0 Å². The molecular weight excluding hydrogens is 136 g/mol. The maximum atomic E-state index is 8.96. The quantitative estimate of drug-likeness (QED) is 0.479. The van der Waals surface area contributed by atoms with Gasteiger partial charge in [-0.2, -0.15) is 0 Å². The summed E-state index contributed by atoms with van der Waals surface area (Å²) in [5.74, 6) is 0. The van der Waals surface area contributed by atoms with Crippen LogP contribution < -0.4 is 0 Å². The normalized spacial score (nSPS) is 15.1. The topological polar surface area (TPSA) is 20.2 Å². The van der Waals surface area contributed by atoms with E-state index in [2.05, 4.69) is 19.9 Å². The summed E-state index contributed by atoms with van der Waals surface area (Å²) >= 11 is 0. The molecule has 0 aliphatic rings. The molecule has 0 aliphatic heterocycles. The maximum absolute atomic E-state index is 8.96. The number of aliphatic hydroxyl groups excluding tert-OH is 1. The fraction of sp³-hybridized carbons (Fsp3) is 0.800. The van der Waals surface area contributed by atoms with Gasteiger partial charge < -0.3 is 5.11 Å². The van der Waals surface area contributed by atoms with E-state index in [4.69, 9.17) is 5.11 Å². The molecule has 0 aromatic heterocycles. The monoisotopic (exact) mass is 156 g/mol. The first-order chi connectivity index (χ1) is 5.16. The van der Waals surface area contributed by atoms with Crippen LogP contribution in [0, 0.1) is 0 Å². The van der Waals surface area contributed by atoms with Gasteiger partial charge in [-0.3, -0.25) is 0 Å². The summed E-state index contributed by atoms with van der Waals surface area (Å²) in [6.07, 6.45) is 6.51. The van der Waals surface area contributed by atoms with Gasteiger partial charge in [-0.25, -0.2) is 0 Å². The number of hydrogen-bond acceptors (Lipinski definition) is 1. The molecule has 66 valence electrons. The molecule has 1 nitrogen and oxygen atoms in total. The zero-order valence-corrected chi connectivity index (χ0v) is 7.93. The molecule has 0 aliphatic carbocycles. The van der Waals surface area contributed by atoms with Crippen LogP contribution in [0.25, 0.3) is 0 Å². The van der Waals surface area contributed by atoms with E-state index in [9.17, 15) is 0 Å². The molecule has 0 radical (unpaired) electrons. The molecule has 0 spiro atoms. The molecule has 1 heteroatoms. The number of hydrogen-bond donors (Lipinski definition) is 1. The number of aliphatic hydroxyl groups is 1. The van der Waals surface area contributed by atoms with Gasteiger partial charge in [0.2, 0.25) is 0 Å². The van der Waals surface area contributed by atoms with E-state index in [1.165, 1.54) is 18.4 Å². The fourth-order valence-electron chi connectivity index (χ4n) is 0.988. The van der Waals surface area contributed by atoms with Gasteiger partial charge >= 0.3 is 0 Å². The maximum Gasteiger partial charge on any atom is 0.0512 e. The smallest absolute Gasteiger partial charge is 0.0512 e. The van der Waals surface area contributed by atoms with Crippen molar-refractivity contribution < 1.29 is 5.11 Å². The summed E-state index contributed by atoms with van der Waals surface area (Å²) in [5.41, 5.74) is 1.45. The third-order valence-corrected chi connectivity index (χ3v) is 1.94. The SMILES string of the molecule is C/C=C(\C)CCCCC(C)O. The molecule has 0 amide bonds. The number of unbranched alkanes of at least 4 members (excludes halogenated alkanes) is 1. The molecule has 11 heavy (non-hydrogen) atoms. The standard InChI is InChI=1S/C10H20O/c1-4-9(2)7-5-6-8-10(3)11/h4,10-11H,5-8H2,1-3H3/b9-4+. The van der Waals surface area contributed by atoms with Gasteiger partial charge in [0.05, 0.1) is 6.10 Å². The lowest BCUT2D eigenvalue weighted by molar-refractivity contribution is 0.180. The molecule has 0 aromatic rings. The van der Waals surface area contributed by atoms with Crippen molar-refractivity contribution in [2.24, 2.45) is 0 Å². The lowest BCUT2D eigenvalue weighted by Crippen LogP contribution is -1.98. The average molecular weight is 156 g/mol. The Morgan fingerprint density at radius 1 is 1.45 bits per heavy atom. The van der Waals surface area contributed by atoms with Gasteiger partial charge in [-0.15, -0.1) is 0 Å². The highest BCUT2D eigenvalue weighted by molar-refractivity contribution is 4.94. The average Bonchev–Trinajstić information content (AvgIpc) is 1.97. The van der Waals surface area contributed by atoms with Crippen molar-refractivity contribution in [2.75, 3.05) is 0 Å². The van der Waals surface area contributed by atoms with Crippen LogP contribution in [0.3, 0.4) is 0 Å². The zero-order chi connectivity index (χ0) is 8.69. The van der Waals surface area contributed by atoms with Crippen molar-refractivity contribution in [3.63, 3.8) is 0 Å². The van der Waals surface area contributed by atoms with Crippen molar-refractivity contribution in [2.45, 2.75) is 52.6 Å². The molecule has 0 bridgehead atoms. The van der Waals surface area contributed by atoms with Crippen LogP contribution >= 0.6 is 0 Å². The van der Waals surface area contributed by atoms with Gasteiger partial charge in [0.25, 0.3) is 0 Å².